The molecule has 1 amide bonds. The van der Waals surface area contributed by atoms with E-state index in [2.05, 4.69) is 12.2 Å². The van der Waals surface area contributed by atoms with Gasteiger partial charge in [-0.3, -0.25) is 10.1 Å². The van der Waals surface area contributed by atoms with Crippen LogP contribution in [-0.2, 0) is 4.79 Å². The van der Waals surface area contributed by atoms with Crippen LogP contribution in [0.1, 0.15) is 19.8 Å². The molecule has 1 atom stereocenters. The van der Waals surface area contributed by atoms with Crippen LogP contribution in [0.2, 0.25) is 0 Å². The number of carbonyl (C=O) groups is 1. The summed E-state index contributed by atoms with van der Waals surface area (Å²) >= 11 is 1.81. The average molecular weight is 214 g/mol. The molecule has 0 aromatic rings. The van der Waals surface area contributed by atoms with Gasteiger partial charge in [-0.05, 0) is 25.7 Å². The van der Waals surface area contributed by atoms with E-state index < -0.39 is 0 Å². The fraction of sp³-hybridized carbons (Fsp3) is 0.900. The number of hydrogen-bond donors (Lipinski definition) is 1. The topological polar surface area (TPSA) is 32.3 Å². The quantitative estimate of drug-likeness (QED) is 0.755. The van der Waals surface area contributed by atoms with Crippen molar-refractivity contribution in [1.82, 2.24) is 10.2 Å². The van der Waals surface area contributed by atoms with Crippen molar-refractivity contribution in [3.63, 3.8) is 0 Å². The van der Waals surface area contributed by atoms with Crippen LogP contribution >= 0.6 is 11.8 Å². The molecule has 0 aromatic carbocycles. The zero-order valence-electron chi connectivity index (χ0n) is 8.66. The molecule has 0 unspecified atom stereocenters. The summed E-state index contributed by atoms with van der Waals surface area (Å²) in [4.78, 5) is 14.0. The maximum Gasteiger partial charge on any atom is 0.240 e. The highest BCUT2D eigenvalue weighted by atomic mass is 32.2. The Hall–Kier alpha value is -0.220. The first-order chi connectivity index (χ1) is 6.81. The molecule has 2 rings (SSSR count). The third-order valence-electron chi connectivity index (χ3n) is 2.88. The number of nitrogens with one attached hydrogen (secondary N) is 1. The highest BCUT2D eigenvalue weighted by molar-refractivity contribution is 7.99. The lowest BCUT2D eigenvalue weighted by molar-refractivity contribution is -0.132. The molecular weight excluding hydrogens is 196 g/mol. The summed E-state index contributed by atoms with van der Waals surface area (Å²) in [6.45, 7) is 3.92. The monoisotopic (exact) mass is 214 g/mol. The van der Waals surface area contributed by atoms with E-state index >= 15 is 0 Å². The maximum atomic E-state index is 12.0. The van der Waals surface area contributed by atoms with Crippen LogP contribution in [-0.4, -0.2) is 41.6 Å². The second-order valence-corrected chi connectivity index (χ2v) is 5.12. The van der Waals surface area contributed by atoms with Crippen molar-refractivity contribution in [3.05, 3.63) is 0 Å². The summed E-state index contributed by atoms with van der Waals surface area (Å²) < 4.78 is 0. The van der Waals surface area contributed by atoms with Gasteiger partial charge < -0.3 is 4.90 Å². The van der Waals surface area contributed by atoms with Crippen LogP contribution in [0.25, 0.3) is 0 Å². The third-order valence-corrected chi connectivity index (χ3v) is 3.82. The molecule has 2 fully saturated rings. The zero-order chi connectivity index (χ0) is 9.97. The van der Waals surface area contributed by atoms with Crippen molar-refractivity contribution in [2.45, 2.75) is 25.8 Å². The molecule has 0 radical (unpaired) electrons. The SMILES string of the molecule is CCN(CC1CC1)C(=O)[C@H]1CSCN1. The third kappa shape index (κ3) is 2.42. The summed E-state index contributed by atoms with van der Waals surface area (Å²) in [5, 5.41) is 3.24. The van der Waals surface area contributed by atoms with Gasteiger partial charge in [-0.15, -0.1) is 11.8 Å². The number of nitrogens with zero attached hydrogens (tertiary/aromatic N) is 1. The molecule has 1 heterocycles. The molecule has 1 N–H and O–H groups in total. The number of rotatable bonds is 4. The summed E-state index contributed by atoms with van der Waals surface area (Å²) in [5.74, 6) is 2.98. The lowest BCUT2D eigenvalue weighted by Crippen LogP contribution is -2.45. The molecule has 0 bridgehead atoms. The molecule has 0 spiro atoms. The molecule has 4 heteroatoms. The maximum absolute atomic E-state index is 12.0. The van der Waals surface area contributed by atoms with Crippen molar-refractivity contribution in [2.24, 2.45) is 5.92 Å². The minimum atomic E-state index is 0.0821. The van der Waals surface area contributed by atoms with E-state index in [0.717, 1.165) is 30.6 Å². The Morgan fingerprint density at radius 1 is 1.57 bits per heavy atom. The predicted octanol–water partition coefficient (Wildman–Crippen LogP) is 0.907. The van der Waals surface area contributed by atoms with Crippen LogP contribution in [0.15, 0.2) is 0 Å². The van der Waals surface area contributed by atoms with Gasteiger partial charge in [0.05, 0.1) is 6.04 Å². The lowest BCUT2D eigenvalue weighted by atomic mass is 10.2. The van der Waals surface area contributed by atoms with E-state index in [0.29, 0.717) is 5.91 Å². The van der Waals surface area contributed by atoms with Gasteiger partial charge in [0.15, 0.2) is 0 Å². The van der Waals surface area contributed by atoms with Gasteiger partial charge in [-0.25, -0.2) is 0 Å². The van der Waals surface area contributed by atoms with Gasteiger partial charge in [-0.1, -0.05) is 0 Å². The first-order valence-corrected chi connectivity index (χ1v) is 6.56. The second-order valence-electron chi connectivity index (χ2n) is 4.09. The molecule has 14 heavy (non-hydrogen) atoms. The van der Waals surface area contributed by atoms with E-state index in [1.54, 1.807) is 0 Å². The minimum absolute atomic E-state index is 0.0821. The standard InChI is InChI=1S/C10H18N2OS/c1-2-12(5-8-3-4-8)10(13)9-6-14-7-11-9/h8-9,11H,2-7H2,1H3/t9-/m1/s1. The molecular formula is C10H18N2OS. The number of thioether (sulfide) groups is 1. The van der Waals surface area contributed by atoms with Crippen molar-refractivity contribution in [2.75, 3.05) is 24.7 Å². The minimum Gasteiger partial charge on any atom is -0.341 e. The highest BCUT2D eigenvalue weighted by Gasteiger charge is 2.30. The molecule has 1 aliphatic carbocycles. The lowest BCUT2D eigenvalue weighted by Gasteiger charge is -2.23. The first kappa shape index (κ1) is 10.3. The van der Waals surface area contributed by atoms with Crippen molar-refractivity contribution in [1.29, 1.82) is 0 Å². The van der Waals surface area contributed by atoms with E-state index in [9.17, 15) is 4.79 Å². The molecule has 0 aromatic heterocycles. The Balaban J connectivity index is 1.85. The number of hydrogen-bond acceptors (Lipinski definition) is 3. The predicted molar refractivity (Wildman–Crippen MR) is 59.2 cm³/mol. The Morgan fingerprint density at radius 2 is 2.36 bits per heavy atom. The summed E-state index contributed by atoms with van der Waals surface area (Å²) in [5.41, 5.74) is 0. The molecule has 3 nitrogen and oxygen atoms in total. The van der Waals surface area contributed by atoms with Crippen molar-refractivity contribution in [3.8, 4) is 0 Å². The number of carbonyl (C=O) groups excluding carboxylic acids is 1. The molecule has 1 saturated carbocycles. The fourth-order valence-electron chi connectivity index (χ4n) is 1.76. The van der Waals surface area contributed by atoms with Crippen molar-refractivity contribution >= 4 is 17.7 Å². The van der Waals surface area contributed by atoms with E-state index in [1.165, 1.54) is 12.8 Å². The molecule has 1 aliphatic heterocycles. The number of likely N-dealkylation sites (N-methyl/N-ethyl adjacent to an activating group) is 1. The fourth-order valence-corrected chi connectivity index (χ4v) is 2.69. The van der Waals surface area contributed by atoms with Gasteiger partial charge in [0.25, 0.3) is 0 Å². The normalized spacial score (nSPS) is 26.5. The number of amides is 1. The Morgan fingerprint density at radius 3 is 2.86 bits per heavy atom. The zero-order valence-corrected chi connectivity index (χ0v) is 9.48. The first-order valence-electron chi connectivity index (χ1n) is 5.41. The van der Waals surface area contributed by atoms with Crippen LogP contribution in [0, 0.1) is 5.92 Å². The van der Waals surface area contributed by atoms with Crippen LogP contribution < -0.4 is 5.32 Å². The van der Waals surface area contributed by atoms with Gasteiger partial charge in [0, 0.05) is 24.7 Å². The summed E-state index contributed by atoms with van der Waals surface area (Å²) in [7, 11) is 0. The van der Waals surface area contributed by atoms with Gasteiger partial charge >= 0.3 is 0 Å². The molecule has 1 saturated heterocycles. The summed E-state index contributed by atoms with van der Waals surface area (Å²) in [6.07, 6.45) is 2.63. The Labute approximate surface area is 89.6 Å². The van der Waals surface area contributed by atoms with Gasteiger partial charge in [0.1, 0.15) is 0 Å². The van der Waals surface area contributed by atoms with Gasteiger partial charge in [-0.2, -0.15) is 0 Å². The smallest absolute Gasteiger partial charge is 0.240 e. The van der Waals surface area contributed by atoms with E-state index in [1.807, 2.05) is 16.7 Å². The van der Waals surface area contributed by atoms with Crippen LogP contribution in [0.3, 0.4) is 0 Å². The Kier molecular flexibility index (Phi) is 3.34. The summed E-state index contributed by atoms with van der Waals surface area (Å²) in [6, 6.07) is 0.0821. The van der Waals surface area contributed by atoms with Crippen LogP contribution in [0.4, 0.5) is 0 Å². The van der Waals surface area contributed by atoms with Gasteiger partial charge in [0.2, 0.25) is 5.91 Å². The van der Waals surface area contributed by atoms with E-state index in [4.69, 9.17) is 0 Å². The van der Waals surface area contributed by atoms with E-state index in [-0.39, 0.29) is 6.04 Å². The molecule has 2 aliphatic rings. The molecule has 80 valence electrons. The average Bonchev–Trinajstić information content (AvgIpc) is 2.84. The largest absolute Gasteiger partial charge is 0.341 e. The highest BCUT2D eigenvalue weighted by Crippen LogP contribution is 2.30. The van der Waals surface area contributed by atoms with Crippen LogP contribution in [0.5, 0.6) is 0 Å². The second kappa shape index (κ2) is 4.53. The van der Waals surface area contributed by atoms with Crippen molar-refractivity contribution < 1.29 is 4.79 Å². The Bertz CT molecular complexity index is 212.